The number of hydrogen-bond donors (Lipinski definition) is 1. The van der Waals surface area contributed by atoms with Gasteiger partial charge >= 0.3 is 5.97 Å². The highest BCUT2D eigenvalue weighted by Gasteiger charge is 2.34. The highest BCUT2D eigenvalue weighted by Crippen LogP contribution is 2.30. The summed E-state index contributed by atoms with van der Waals surface area (Å²) in [5.41, 5.74) is 1.56. The molecule has 2 fully saturated rings. The molecular formula is C16H22N2O2. The standard InChI is InChI=1S/C16H22N2O2/c1-2-20-16(19)13-5-3-4-6-15(13)17-14-8-10-18-9-7-12(14)11-18/h3-6,12,14,17H,2,7-11H2,1H3. The molecule has 3 atom stereocenters. The zero-order valence-electron chi connectivity index (χ0n) is 12.0. The lowest BCUT2D eigenvalue weighted by Gasteiger charge is -2.32. The third-order valence-electron chi connectivity index (χ3n) is 4.40. The summed E-state index contributed by atoms with van der Waals surface area (Å²) >= 11 is 0. The minimum atomic E-state index is -0.237. The van der Waals surface area contributed by atoms with E-state index in [1.54, 1.807) is 0 Å². The zero-order valence-corrected chi connectivity index (χ0v) is 12.0. The van der Waals surface area contributed by atoms with Gasteiger partial charge in [-0.15, -0.1) is 0 Å². The van der Waals surface area contributed by atoms with E-state index >= 15 is 0 Å². The summed E-state index contributed by atoms with van der Waals surface area (Å²) in [4.78, 5) is 14.5. The van der Waals surface area contributed by atoms with E-state index in [0.717, 1.165) is 18.7 Å². The van der Waals surface area contributed by atoms with Crippen LogP contribution in [0.4, 0.5) is 5.69 Å². The zero-order chi connectivity index (χ0) is 13.9. The Labute approximate surface area is 120 Å². The maximum atomic E-state index is 12.0. The van der Waals surface area contributed by atoms with Crippen molar-refractivity contribution in [3.05, 3.63) is 29.8 Å². The van der Waals surface area contributed by atoms with Crippen LogP contribution in [0.25, 0.3) is 0 Å². The lowest BCUT2D eigenvalue weighted by molar-refractivity contribution is 0.0527. The smallest absolute Gasteiger partial charge is 0.340 e. The van der Waals surface area contributed by atoms with Gasteiger partial charge in [-0.3, -0.25) is 0 Å². The molecule has 2 heterocycles. The Hall–Kier alpha value is -1.55. The van der Waals surface area contributed by atoms with Gasteiger partial charge in [-0.1, -0.05) is 12.1 Å². The van der Waals surface area contributed by atoms with Gasteiger partial charge < -0.3 is 15.0 Å². The first-order chi connectivity index (χ1) is 9.78. The van der Waals surface area contributed by atoms with Gasteiger partial charge in [-0.05, 0) is 44.4 Å². The average molecular weight is 274 g/mol. The third-order valence-corrected chi connectivity index (χ3v) is 4.40. The molecule has 20 heavy (non-hydrogen) atoms. The molecule has 0 amide bonds. The summed E-state index contributed by atoms with van der Waals surface area (Å²) in [5.74, 6) is 0.471. The Morgan fingerprint density at radius 3 is 3.00 bits per heavy atom. The summed E-state index contributed by atoms with van der Waals surface area (Å²) in [6.45, 7) is 5.83. The predicted molar refractivity (Wildman–Crippen MR) is 79.0 cm³/mol. The highest BCUT2D eigenvalue weighted by atomic mass is 16.5. The number of fused-ring (bicyclic) bond motifs is 2. The van der Waals surface area contributed by atoms with E-state index in [1.807, 2.05) is 31.2 Å². The van der Waals surface area contributed by atoms with Gasteiger partial charge in [-0.25, -0.2) is 4.79 Å². The van der Waals surface area contributed by atoms with E-state index in [0.29, 0.717) is 24.1 Å². The van der Waals surface area contributed by atoms with Crippen molar-refractivity contribution in [3.8, 4) is 0 Å². The second-order valence-electron chi connectivity index (χ2n) is 5.65. The summed E-state index contributed by atoms with van der Waals surface area (Å²) in [6, 6.07) is 8.15. The van der Waals surface area contributed by atoms with Gasteiger partial charge in [0.2, 0.25) is 0 Å². The van der Waals surface area contributed by atoms with E-state index < -0.39 is 0 Å². The number of rotatable bonds is 4. The molecule has 0 radical (unpaired) electrons. The molecular weight excluding hydrogens is 252 g/mol. The number of carbonyl (C=O) groups is 1. The number of hydrogen-bond acceptors (Lipinski definition) is 4. The Balaban J connectivity index is 1.75. The van der Waals surface area contributed by atoms with Gasteiger partial charge in [0.15, 0.2) is 0 Å². The number of nitrogens with zero attached hydrogens (tertiary/aromatic N) is 1. The molecule has 3 rings (SSSR count). The lowest BCUT2D eigenvalue weighted by atomic mass is 9.93. The van der Waals surface area contributed by atoms with Crippen LogP contribution in [0.3, 0.4) is 0 Å². The average Bonchev–Trinajstić information content (AvgIpc) is 2.85. The fourth-order valence-electron chi connectivity index (χ4n) is 3.34. The number of ether oxygens (including phenoxy) is 1. The molecule has 2 bridgehead atoms. The second kappa shape index (κ2) is 5.83. The molecule has 0 saturated carbocycles. The first kappa shape index (κ1) is 13.4. The number of nitrogens with one attached hydrogen (secondary N) is 1. The maximum absolute atomic E-state index is 12.0. The molecule has 0 aliphatic carbocycles. The van der Waals surface area contributed by atoms with Crippen molar-refractivity contribution in [2.24, 2.45) is 5.92 Å². The van der Waals surface area contributed by atoms with E-state index in [2.05, 4.69) is 10.2 Å². The van der Waals surface area contributed by atoms with Crippen LogP contribution in [0, 0.1) is 5.92 Å². The molecule has 1 aromatic rings. The fraction of sp³-hybridized carbons (Fsp3) is 0.562. The SMILES string of the molecule is CCOC(=O)c1ccccc1NC1CCN2CCC1C2. The third kappa shape index (κ3) is 2.66. The van der Waals surface area contributed by atoms with Crippen LogP contribution in [-0.2, 0) is 4.74 Å². The molecule has 4 heteroatoms. The van der Waals surface area contributed by atoms with Gasteiger partial charge in [0.25, 0.3) is 0 Å². The van der Waals surface area contributed by atoms with Crippen molar-refractivity contribution in [1.29, 1.82) is 0 Å². The van der Waals surface area contributed by atoms with Gasteiger partial charge in [0.05, 0.1) is 12.2 Å². The Morgan fingerprint density at radius 2 is 2.15 bits per heavy atom. The predicted octanol–water partition coefficient (Wildman–Crippen LogP) is 2.37. The van der Waals surface area contributed by atoms with Crippen LogP contribution in [0.5, 0.6) is 0 Å². The van der Waals surface area contributed by atoms with Crippen LogP contribution >= 0.6 is 0 Å². The number of anilines is 1. The molecule has 2 aliphatic heterocycles. The van der Waals surface area contributed by atoms with Crippen molar-refractivity contribution in [3.63, 3.8) is 0 Å². The number of para-hydroxylation sites is 1. The fourth-order valence-corrected chi connectivity index (χ4v) is 3.34. The van der Waals surface area contributed by atoms with Crippen LogP contribution in [0.15, 0.2) is 24.3 Å². The number of esters is 1. The molecule has 2 aliphatic rings. The van der Waals surface area contributed by atoms with E-state index in [9.17, 15) is 4.79 Å². The molecule has 2 saturated heterocycles. The summed E-state index contributed by atoms with van der Waals surface area (Å²) in [7, 11) is 0. The van der Waals surface area contributed by atoms with Crippen molar-refractivity contribution in [1.82, 2.24) is 4.90 Å². The van der Waals surface area contributed by atoms with Crippen LogP contribution in [0.1, 0.15) is 30.1 Å². The summed E-state index contributed by atoms with van der Waals surface area (Å²) < 4.78 is 5.13. The molecule has 1 N–H and O–H groups in total. The van der Waals surface area contributed by atoms with Gasteiger partial charge in [-0.2, -0.15) is 0 Å². The van der Waals surface area contributed by atoms with Crippen molar-refractivity contribution >= 4 is 11.7 Å². The Kier molecular flexibility index (Phi) is 3.92. The van der Waals surface area contributed by atoms with E-state index in [-0.39, 0.29) is 5.97 Å². The van der Waals surface area contributed by atoms with Crippen molar-refractivity contribution in [2.75, 3.05) is 31.6 Å². The quantitative estimate of drug-likeness (QED) is 0.856. The molecule has 1 aromatic carbocycles. The monoisotopic (exact) mass is 274 g/mol. The van der Waals surface area contributed by atoms with Gasteiger partial charge in [0.1, 0.15) is 0 Å². The Morgan fingerprint density at radius 1 is 1.35 bits per heavy atom. The molecule has 3 unspecified atom stereocenters. The first-order valence-electron chi connectivity index (χ1n) is 7.53. The summed E-state index contributed by atoms with van der Waals surface area (Å²) in [5, 5.41) is 3.59. The molecule has 0 spiro atoms. The first-order valence-corrected chi connectivity index (χ1v) is 7.53. The lowest BCUT2D eigenvalue weighted by Crippen LogP contribution is -2.39. The van der Waals surface area contributed by atoms with Gasteiger partial charge in [0, 0.05) is 24.8 Å². The second-order valence-corrected chi connectivity index (χ2v) is 5.65. The van der Waals surface area contributed by atoms with Crippen LogP contribution in [0.2, 0.25) is 0 Å². The number of piperidine rings is 1. The van der Waals surface area contributed by atoms with Crippen molar-refractivity contribution < 1.29 is 9.53 Å². The van der Waals surface area contributed by atoms with Crippen LogP contribution < -0.4 is 5.32 Å². The Bertz CT molecular complexity index is 489. The maximum Gasteiger partial charge on any atom is 0.340 e. The summed E-state index contributed by atoms with van der Waals surface area (Å²) in [6.07, 6.45) is 2.42. The number of carbonyl (C=O) groups excluding carboxylic acids is 1. The normalized spacial score (nSPS) is 28.1. The van der Waals surface area contributed by atoms with E-state index in [4.69, 9.17) is 4.74 Å². The molecule has 0 aromatic heterocycles. The largest absolute Gasteiger partial charge is 0.462 e. The van der Waals surface area contributed by atoms with Crippen molar-refractivity contribution in [2.45, 2.75) is 25.8 Å². The minimum Gasteiger partial charge on any atom is -0.462 e. The molecule has 108 valence electrons. The molecule has 4 nitrogen and oxygen atoms in total. The van der Waals surface area contributed by atoms with E-state index in [1.165, 1.54) is 19.5 Å². The number of benzene rings is 1. The highest BCUT2D eigenvalue weighted by molar-refractivity contribution is 5.95. The topological polar surface area (TPSA) is 41.6 Å². The minimum absolute atomic E-state index is 0.237. The van der Waals surface area contributed by atoms with Crippen LogP contribution in [-0.4, -0.2) is 43.2 Å².